The fourth-order valence-corrected chi connectivity index (χ4v) is 2.49. The van der Waals surface area contributed by atoms with Crippen molar-refractivity contribution in [1.29, 1.82) is 0 Å². The summed E-state index contributed by atoms with van der Waals surface area (Å²) in [7, 11) is 0. The minimum Gasteiger partial charge on any atom is -0.480 e. The Morgan fingerprint density at radius 3 is 2.43 bits per heavy atom. The summed E-state index contributed by atoms with van der Waals surface area (Å²) in [4.78, 5) is 36.2. The van der Waals surface area contributed by atoms with E-state index in [1.54, 1.807) is 0 Å². The molecule has 1 aliphatic carbocycles. The van der Waals surface area contributed by atoms with E-state index in [4.69, 9.17) is 5.11 Å². The molecule has 1 saturated heterocycles. The summed E-state index contributed by atoms with van der Waals surface area (Å²) in [5, 5.41) is 8.64. The standard InChI is InChI=1S/C12H15F3N2O4/c13-12(14,15)6-16(5-10(19)20)11(21)7-3-9(18)17(4-7)8-1-2-8/h7-8H,1-6H2,(H,19,20). The van der Waals surface area contributed by atoms with Crippen LogP contribution in [-0.4, -0.2) is 64.5 Å². The Balaban J connectivity index is 2.03. The van der Waals surface area contributed by atoms with Gasteiger partial charge in [-0.25, -0.2) is 0 Å². The van der Waals surface area contributed by atoms with Gasteiger partial charge in [0.1, 0.15) is 13.1 Å². The SMILES string of the molecule is O=C(O)CN(CC(F)(F)F)C(=O)C1CC(=O)N(C2CC2)C1. The van der Waals surface area contributed by atoms with Gasteiger partial charge in [-0.15, -0.1) is 0 Å². The Labute approximate surface area is 118 Å². The number of hydrogen-bond acceptors (Lipinski definition) is 3. The number of carboxylic acids is 1. The average molecular weight is 308 g/mol. The zero-order chi connectivity index (χ0) is 15.8. The van der Waals surface area contributed by atoms with Crippen LogP contribution in [0, 0.1) is 5.92 Å². The zero-order valence-electron chi connectivity index (χ0n) is 11.1. The topological polar surface area (TPSA) is 77.9 Å². The van der Waals surface area contributed by atoms with Crippen LogP contribution in [0.1, 0.15) is 19.3 Å². The Morgan fingerprint density at radius 2 is 1.95 bits per heavy atom. The molecule has 1 aliphatic heterocycles. The van der Waals surface area contributed by atoms with Gasteiger partial charge in [0.25, 0.3) is 0 Å². The zero-order valence-corrected chi connectivity index (χ0v) is 11.1. The number of carboxylic acid groups (broad SMARTS) is 1. The van der Waals surface area contributed by atoms with Gasteiger partial charge >= 0.3 is 12.1 Å². The maximum absolute atomic E-state index is 12.4. The number of alkyl halides is 3. The summed E-state index contributed by atoms with van der Waals surface area (Å²) in [5.41, 5.74) is 0. The molecule has 1 N–H and O–H groups in total. The minimum atomic E-state index is -4.68. The van der Waals surface area contributed by atoms with Crippen molar-refractivity contribution >= 4 is 17.8 Å². The van der Waals surface area contributed by atoms with Crippen molar-refractivity contribution in [2.45, 2.75) is 31.5 Å². The molecule has 1 atom stereocenters. The smallest absolute Gasteiger partial charge is 0.406 e. The normalized spacial score (nSPS) is 22.5. The highest BCUT2D eigenvalue weighted by Crippen LogP contribution is 2.33. The van der Waals surface area contributed by atoms with Crippen LogP contribution in [0.4, 0.5) is 13.2 Å². The van der Waals surface area contributed by atoms with E-state index in [1.165, 1.54) is 4.90 Å². The fourth-order valence-electron chi connectivity index (χ4n) is 2.49. The number of hydrogen-bond donors (Lipinski definition) is 1. The molecule has 21 heavy (non-hydrogen) atoms. The predicted octanol–water partition coefficient (Wildman–Crippen LogP) is 0.473. The molecule has 0 radical (unpaired) electrons. The molecule has 6 nitrogen and oxygen atoms in total. The van der Waals surface area contributed by atoms with Crippen molar-refractivity contribution in [1.82, 2.24) is 9.80 Å². The van der Waals surface area contributed by atoms with Crippen molar-refractivity contribution < 1.29 is 32.7 Å². The Hall–Kier alpha value is -1.80. The number of carbonyl (C=O) groups is 3. The molecular weight excluding hydrogens is 293 g/mol. The summed E-state index contributed by atoms with van der Waals surface area (Å²) in [5.74, 6) is -3.58. The highest BCUT2D eigenvalue weighted by atomic mass is 19.4. The first-order chi connectivity index (χ1) is 9.67. The summed E-state index contributed by atoms with van der Waals surface area (Å²) in [6.45, 7) is -2.56. The molecular formula is C12H15F3N2O4. The van der Waals surface area contributed by atoms with Gasteiger partial charge in [0, 0.05) is 19.0 Å². The Bertz CT molecular complexity index is 462. The van der Waals surface area contributed by atoms with Gasteiger partial charge < -0.3 is 14.9 Å². The van der Waals surface area contributed by atoms with Crippen LogP contribution in [0.25, 0.3) is 0 Å². The maximum atomic E-state index is 12.4. The third-order valence-electron chi connectivity index (χ3n) is 3.50. The van der Waals surface area contributed by atoms with Gasteiger partial charge in [0.2, 0.25) is 11.8 Å². The van der Waals surface area contributed by atoms with Gasteiger partial charge in [0.05, 0.1) is 5.92 Å². The van der Waals surface area contributed by atoms with E-state index in [9.17, 15) is 27.6 Å². The van der Waals surface area contributed by atoms with Crippen molar-refractivity contribution in [3.8, 4) is 0 Å². The Morgan fingerprint density at radius 1 is 1.33 bits per heavy atom. The first-order valence-corrected chi connectivity index (χ1v) is 6.54. The molecule has 118 valence electrons. The van der Waals surface area contributed by atoms with Crippen LogP contribution >= 0.6 is 0 Å². The Kier molecular flexibility index (Phi) is 4.11. The van der Waals surface area contributed by atoms with Crippen LogP contribution in [0.5, 0.6) is 0 Å². The third-order valence-corrected chi connectivity index (χ3v) is 3.50. The molecule has 0 aromatic heterocycles. The van der Waals surface area contributed by atoms with Crippen molar-refractivity contribution in [3.05, 3.63) is 0 Å². The first kappa shape index (κ1) is 15.6. The quantitative estimate of drug-likeness (QED) is 0.801. The van der Waals surface area contributed by atoms with Crippen molar-refractivity contribution in [3.63, 3.8) is 0 Å². The van der Waals surface area contributed by atoms with E-state index in [0.717, 1.165) is 12.8 Å². The molecule has 2 rings (SSSR count). The van der Waals surface area contributed by atoms with E-state index in [0.29, 0.717) is 0 Å². The highest BCUT2D eigenvalue weighted by molar-refractivity contribution is 5.91. The van der Waals surface area contributed by atoms with Crippen LogP contribution in [0.15, 0.2) is 0 Å². The van der Waals surface area contributed by atoms with Gasteiger partial charge in [0.15, 0.2) is 0 Å². The monoisotopic (exact) mass is 308 g/mol. The lowest BCUT2D eigenvalue weighted by Gasteiger charge is -2.25. The van der Waals surface area contributed by atoms with Gasteiger partial charge in [-0.2, -0.15) is 13.2 Å². The second kappa shape index (κ2) is 5.53. The molecule has 1 saturated carbocycles. The third kappa shape index (κ3) is 4.08. The number of likely N-dealkylation sites (tertiary alicyclic amines) is 1. The largest absolute Gasteiger partial charge is 0.480 e. The van der Waals surface area contributed by atoms with Gasteiger partial charge in [-0.1, -0.05) is 0 Å². The molecule has 2 fully saturated rings. The lowest BCUT2D eigenvalue weighted by atomic mass is 10.1. The van der Waals surface area contributed by atoms with Crippen molar-refractivity contribution in [2.24, 2.45) is 5.92 Å². The van der Waals surface area contributed by atoms with E-state index in [2.05, 4.69) is 0 Å². The predicted molar refractivity (Wildman–Crippen MR) is 63.1 cm³/mol. The minimum absolute atomic E-state index is 0.0797. The summed E-state index contributed by atoms with van der Waals surface area (Å²) in [6.07, 6.45) is -3.14. The average Bonchev–Trinajstić information content (AvgIpc) is 3.08. The molecule has 0 aromatic carbocycles. The number of carbonyl (C=O) groups excluding carboxylic acids is 2. The molecule has 2 amide bonds. The fraction of sp³-hybridized carbons (Fsp3) is 0.750. The number of aliphatic carboxylic acids is 1. The highest BCUT2D eigenvalue weighted by Gasteiger charge is 2.44. The van der Waals surface area contributed by atoms with Crippen LogP contribution < -0.4 is 0 Å². The van der Waals surface area contributed by atoms with Crippen molar-refractivity contribution in [2.75, 3.05) is 19.6 Å². The summed E-state index contributed by atoms with van der Waals surface area (Å²) >= 11 is 0. The van der Waals surface area contributed by atoms with Crippen LogP contribution in [0.2, 0.25) is 0 Å². The molecule has 2 aliphatic rings. The number of nitrogens with zero attached hydrogens (tertiary/aromatic N) is 2. The van der Waals surface area contributed by atoms with Crippen LogP contribution in [0.3, 0.4) is 0 Å². The molecule has 1 unspecified atom stereocenters. The van der Waals surface area contributed by atoms with Crippen LogP contribution in [-0.2, 0) is 14.4 Å². The lowest BCUT2D eigenvalue weighted by Crippen LogP contribution is -2.45. The second-order valence-corrected chi connectivity index (χ2v) is 5.38. The molecule has 1 heterocycles. The number of halogens is 3. The number of rotatable bonds is 5. The molecule has 0 aromatic rings. The van der Waals surface area contributed by atoms with Gasteiger partial charge in [-0.3, -0.25) is 14.4 Å². The van der Waals surface area contributed by atoms with E-state index >= 15 is 0 Å². The number of amides is 2. The molecule has 0 spiro atoms. The summed E-state index contributed by atoms with van der Waals surface area (Å²) in [6, 6.07) is 0.0887. The van der Waals surface area contributed by atoms with E-state index in [1.807, 2.05) is 0 Å². The summed E-state index contributed by atoms with van der Waals surface area (Å²) < 4.78 is 37.3. The molecule has 9 heteroatoms. The van der Waals surface area contributed by atoms with Gasteiger partial charge in [-0.05, 0) is 12.8 Å². The lowest BCUT2D eigenvalue weighted by molar-refractivity contribution is -0.167. The van der Waals surface area contributed by atoms with E-state index < -0.39 is 37.1 Å². The first-order valence-electron chi connectivity index (χ1n) is 6.54. The molecule has 0 bridgehead atoms. The maximum Gasteiger partial charge on any atom is 0.406 e. The second-order valence-electron chi connectivity index (χ2n) is 5.38. The van der Waals surface area contributed by atoms with E-state index in [-0.39, 0.29) is 29.8 Å².